The monoisotopic (exact) mass is 330 g/mol. The van der Waals surface area contributed by atoms with Crippen molar-refractivity contribution in [3.63, 3.8) is 0 Å². The number of amides is 1. The van der Waals surface area contributed by atoms with Crippen LogP contribution in [-0.2, 0) is 11.3 Å². The van der Waals surface area contributed by atoms with E-state index in [0.717, 1.165) is 22.9 Å². The van der Waals surface area contributed by atoms with Gasteiger partial charge < -0.3 is 15.0 Å². The number of carbonyl (C=O) groups excluding carboxylic acids is 1. The number of methoxy groups -OCH3 is 1. The van der Waals surface area contributed by atoms with Crippen LogP contribution < -0.4 is 10.1 Å². The molecule has 0 unspecified atom stereocenters. The maximum Gasteiger partial charge on any atom is 0.234 e. The minimum Gasteiger partial charge on any atom is -0.497 e. The van der Waals surface area contributed by atoms with Gasteiger partial charge in [-0.15, -0.1) is 11.8 Å². The Kier molecular flexibility index (Phi) is 6.50. The van der Waals surface area contributed by atoms with Crippen molar-refractivity contribution in [2.24, 2.45) is 0 Å². The van der Waals surface area contributed by atoms with Gasteiger partial charge in [-0.05, 0) is 50.0 Å². The van der Waals surface area contributed by atoms with Crippen LogP contribution in [0.5, 0.6) is 5.75 Å². The molecule has 2 rings (SSSR count). The molecule has 2 aromatic carbocycles. The molecule has 23 heavy (non-hydrogen) atoms. The molecule has 0 aliphatic rings. The number of benzene rings is 2. The first-order valence-electron chi connectivity index (χ1n) is 7.37. The van der Waals surface area contributed by atoms with Gasteiger partial charge in [-0.1, -0.05) is 18.2 Å². The summed E-state index contributed by atoms with van der Waals surface area (Å²) in [7, 11) is 5.68. The molecule has 0 saturated heterocycles. The lowest BCUT2D eigenvalue weighted by molar-refractivity contribution is -0.113. The number of nitrogens with one attached hydrogen (secondary N) is 1. The summed E-state index contributed by atoms with van der Waals surface area (Å²) in [5, 5.41) is 2.94. The fourth-order valence-corrected chi connectivity index (χ4v) is 2.89. The molecule has 1 N–H and O–H groups in total. The van der Waals surface area contributed by atoms with Crippen LogP contribution in [0.15, 0.2) is 53.4 Å². The molecule has 2 aromatic rings. The lowest BCUT2D eigenvalue weighted by Crippen LogP contribution is -2.15. The number of hydrogen-bond acceptors (Lipinski definition) is 4. The summed E-state index contributed by atoms with van der Waals surface area (Å²) in [6.07, 6.45) is 0. The van der Waals surface area contributed by atoms with E-state index in [9.17, 15) is 4.79 Å². The number of nitrogens with zero attached hydrogens (tertiary/aromatic N) is 1. The van der Waals surface area contributed by atoms with E-state index in [1.807, 2.05) is 56.6 Å². The molecule has 0 aliphatic heterocycles. The average Bonchev–Trinajstić information content (AvgIpc) is 2.53. The third kappa shape index (κ3) is 5.96. The molecule has 122 valence electrons. The molecule has 0 spiro atoms. The smallest absolute Gasteiger partial charge is 0.234 e. The molecule has 1 amide bonds. The summed E-state index contributed by atoms with van der Waals surface area (Å²) in [6, 6.07) is 15.6. The van der Waals surface area contributed by atoms with Crippen LogP contribution in [0.2, 0.25) is 0 Å². The molecule has 0 fully saturated rings. The van der Waals surface area contributed by atoms with Gasteiger partial charge in [0.1, 0.15) is 5.75 Å². The van der Waals surface area contributed by atoms with Gasteiger partial charge in [-0.2, -0.15) is 0 Å². The SMILES string of the molecule is COc1cccc(SCC(=O)Nc2cccc(CN(C)C)c2)c1. The second-order valence-corrected chi connectivity index (χ2v) is 6.50. The second kappa shape index (κ2) is 8.60. The Hall–Kier alpha value is -1.98. The van der Waals surface area contributed by atoms with Crippen molar-refractivity contribution in [1.29, 1.82) is 0 Å². The highest BCUT2D eigenvalue weighted by Crippen LogP contribution is 2.23. The minimum absolute atomic E-state index is 0.0141. The molecule has 0 radical (unpaired) electrons. The van der Waals surface area contributed by atoms with Gasteiger partial charge >= 0.3 is 0 Å². The molecule has 0 aromatic heterocycles. The zero-order chi connectivity index (χ0) is 16.7. The lowest BCUT2D eigenvalue weighted by atomic mass is 10.2. The Morgan fingerprint density at radius 3 is 2.70 bits per heavy atom. The topological polar surface area (TPSA) is 41.6 Å². The molecule has 0 aliphatic carbocycles. The largest absolute Gasteiger partial charge is 0.497 e. The highest BCUT2D eigenvalue weighted by Gasteiger charge is 2.05. The van der Waals surface area contributed by atoms with E-state index in [0.29, 0.717) is 5.75 Å². The fourth-order valence-electron chi connectivity index (χ4n) is 2.15. The van der Waals surface area contributed by atoms with Gasteiger partial charge in [-0.25, -0.2) is 0 Å². The van der Waals surface area contributed by atoms with Crippen LogP contribution in [-0.4, -0.2) is 37.8 Å². The highest BCUT2D eigenvalue weighted by molar-refractivity contribution is 8.00. The van der Waals surface area contributed by atoms with E-state index in [2.05, 4.69) is 16.3 Å². The Morgan fingerprint density at radius 1 is 1.17 bits per heavy atom. The van der Waals surface area contributed by atoms with Crippen LogP contribution >= 0.6 is 11.8 Å². The number of carbonyl (C=O) groups is 1. The maximum absolute atomic E-state index is 12.1. The third-order valence-electron chi connectivity index (χ3n) is 3.12. The van der Waals surface area contributed by atoms with Crippen LogP contribution in [0.3, 0.4) is 0 Å². The number of hydrogen-bond donors (Lipinski definition) is 1. The molecule has 0 bridgehead atoms. The number of anilines is 1. The van der Waals surface area contributed by atoms with Gasteiger partial charge in [0, 0.05) is 17.1 Å². The van der Waals surface area contributed by atoms with Crippen molar-refractivity contribution >= 4 is 23.4 Å². The summed E-state index contributed by atoms with van der Waals surface area (Å²) >= 11 is 1.49. The molecule has 5 heteroatoms. The van der Waals surface area contributed by atoms with E-state index < -0.39 is 0 Å². The Bertz CT molecular complexity index is 659. The Labute approximate surface area is 141 Å². The van der Waals surface area contributed by atoms with Gasteiger partial charge in [-0.3, -0.25) is 4.79 Å². The highest BCUT2D eigenvalue weighted by atomic mass is 32.2. The average molecular weight is 330 g/mol. The summed E-state index contributed by atoms with van der Waals surface area (Å²) in [6.45, 7) is 0.849. The van der Waals surface area contributed by atoms with Crippen molar-refractivity contribution in [2.75, 3.05) is 32.3 Å². The molecule has 0 atom stereocenters. The van der Waals surface area contributed by atoms with Crippen LogP contribution in [0.25, 0.3) is 0 Å². The quantitative estimate of drug-likeness (QED) is 0.789. The van der Waals surface area contributed by atoms with E-state index in [1.54, 1.807) is 7.11 Å². The summed E-state index contributed by atoms with van der Waals surface area (Å²) in [4.78, 5) is 15.2. The van der Waals surface area contributed by atoms with E-state index in [1.165, 1.54) is 17.3 Å². The van der Waals surface area contributed by atoms with Crippen LogP contribution in [0, 0.1) is 0 Å². The Morgan fingerprint density at radius 2 is 1.96 bits per heavy atom. The molecule has 0 saturated carbocycles. The summed E-state index contributed by atoms with van der Waals surface area (Å²) < 4.78 is 5.18. The maximum atomic E-state index is 12.1. The second-order valence-electron chi connectivity index (χ2n) is 5.45. The van der Waals surface area contributed by atoms with Crippen LogP contribution in [0.4, 0.5) is 5.69 Å². The third-order valence-corrected chi connectivity index (χ3v) is 4.11. The predicted octanol–water partition coefficient (Wildman–Crippen LogP) is 3.49. The van der Waals surface area contributed by atoms with Crippen molar-refractivity contribution in [2.45, 2.75) is 11.4 Å². The predicted molar refractivity (Wildman–Crippen MR) is 96.2 cm³/mol. The number of thioether (sulfide) groups is 1. The van der Waals surface area contributed by atoms with E-state index in [-0.39, 0.29) is 5.91 Å². The fraction of sp³-hybridized carbons (Fsp3) is 0.278. The van der Waals surface area contributed by atoms with E-state index in [4.69, 9.17) is 4.74 Å². The van der Waals surface area contributed by atoms with Crippen molar-refractivity contribution < 1.29 is 9.53 Å². The molecule has 0 heterocycles. The number of ether oxygens (including phenoxy) is 1. The molecular formula is C18H22N2O2S. The zero-order valence-corrected chi connectivity index (χ0v) is 14.5. The molecule has 4 nitrogen and oxygen atoms in total. The van der Waals surface area contributed by atoms with E-state index >= 15 is 0 Å². The van der Waals surface area contributed by atoms with Crippen molar-refractivity contribution in [1.82, 2.24) is 4.90 Å². The van der Waals surface area contributed by atoms with Gasteiger partial charge in [0.2, 0.25) is 5.91 Å². The van der Waals surface area contributed by atoms with Crippen molar-refractivity contribution in [3.05, 3.63) is 54.1 Å². The van der Waals surface area contributed by atoms with Crippen LogP contribution in [0.1, 0.15) is 5.56 Å². The van der Waals surface area contributed by atoms with Gasteiger partial charge in [0.25, 0.3) is 0 Å². The van der Waals surface area contributed by atoms with Crippen molar-refractivity contribution in [3.8, 4) is 5.75 Å². The summed E-state index contributed by atoms with van der Waals surface area (Å²) in [5.41, 5.74) is 2.01. The first-order valence-corrected chi connectivity index (χ1v) is 8.36. The summed E-state index contributed by atoms with van der Waals surface area (Å²) in [5.74, 6) is 1.15. The normalized spacial score (nSPS) is 10.6. The minimum atomic E-state index is -0.0141. The first-order chi connectivity index (χ1) is 11.1. The zero-order valence-electron chi connectivity index (χ0n) is 13.7. The first kappa shape index (κ1) is 17.4. The standard InChI is InChI=1S/C18H22N2O2S/c1-20(2)12-14-6-4-7-15(10-14)19-18(21)13-23-17-9-5-8-16(11-17)22-3/h4-11H,12-13H2,1-3H3,(H,19,21). The van der Waals surface area contributed by atoms with Gasteiger partial charge in [0.05, 0.1) is 12.9 Å². The van der Waals surface area contributed by atoms with Gasteiger partial charge in [0.15, 0.2) is 0 Å². The Balaban J connectivity index is 1.89. The molecular weight excluding hydrogens is 308 g/mol. The lowest BCUT2D eigenvalue weighted by Gasteiger charge is -2.11. The number of rotatable bonds is 7.